The van der Waals surface area contributed by atoms with Crippen LogP contribution in [0.5, 0.6) is 0 Å². The minimum atomic E-state index is 0.249. The normalized spacial score (nSPS) is 9.81. The smallest absolute Gasteiger partial charge is 0.147 e. The molecule has 2 aromatic rings. The van der Waals surface area contributed by atoms with Crippen molar-refractivity contribution in [1.29, 1.82) is 5.26 Å². The van der Waals surface area contributed by atoms with Gasteiger partial charge in [-0.25, -0.2) is 4.98 Å². The van der Waals surface area contributed by atoms with E-state index >= 15 is 0 Å². The van der Waals surface area contributed by atoms with E-state index in [1.54, 1.807) is 12.1 Å². The van der Waals surface area contributed by atoms with E-state index in [9.17, 15) is 0 Å². The van der Waals surface area contributed by atoms with Crippen molar-refractivity contribution >= 4 is 34.2 Å². The van der Waals surface area contributed by atoms with Crippen molar-refractivity contribution in [3.63, 3.8) is 0 Å². The molecule has 1 aromatic heterocycles. The van der Waals surface area contributed by atoms with Gasteiger partial charge in [-0.2, -0.15) is 5.26 Å². The number of benzene rings is 1. The minimum absolute atomic E-state index is 0.249. The van der Waals surface area contributed by atoms with Crippen LogP contribution in [0.15, 0.2) is 36.4 Å². The van der Waals surface area contributed by atoms with E-state index in [0.29, 0.717) is 5.56 Å². The van der Waals surface area contributed by atoms with Gasteiger partial charge in [0.25, 0.3) is 0 Å². The van der Waals surface area contributed by atoms with E-state index in [-0.39, 0.29) is 5.15 Å². The topological polar surface area (TPSA) is 36.7 Å². The van der Waals surface area contributed by atoms with Gasteiger partial charge in [0.15, 0.2) is 0 Å². The molecule has 0 N–H and O–H groups in total. The lowest BCUT2D eigenvalue weighted by atomic mass is 10.1. The zero-order valence-electron chi connectivity index (χ0n) is 8.11. The molecular weight excluding hydrogens is 335 g/mol. The average molecular weight is 341 g/mol. The van der Waals surface area contributed by atoms with Crippen molar-refractivity contribution < 1.29 is 0 Å². The first-order chi connectivity index (χ1) is 7.70. The molecule has 0 unspecified atom stereocenters. The van der Waals surface area contributed by atoms with Gasteiger partial charge in [-0.15, -0.1) is 0 Å². The Morgan fingerprint density at radius 3 is 2.38 bits per heavy atom. The van der Waals surface area contributed by atoms with Crippen LogP contribution in [0, 0.1) is 14.9 Å². The van der Waals surface area contributed by atoms with E-state index in [2.05, 4.69) is 27.6 Å². The molecule has 0 saturated carbocycles. The molecule has 0 aliphatic carbocycles. The van der Waals surface area contributed by atoms with E-state index in [1.807, 2.05) is 30.3 Å². The number of hydrogen-bond acceptors (Lipinski definition) is 2. The van der Waals surface area contributed by atoms with Gasteiger partial charge in [-0.1, -0.05) is 23.7 Å². The van der Waals surface area contributed by atoms with Crippen LogP contribution < -0.4 is 0 Å². The molecule has 0 aliphatic rings. The highest BCUT2D eigenvalue weighted by Gasteiger charge is 2.04. The maximum absolute atomic E-state index is 8.74. The standard InChI is InChI=1S/C12H6ClIN2/c13-12-9(7-15)3-6-11(16-12)8-1-4-10(14)5-2-8/h1-6H. The van der Waals surface area contributed by atoms with Gasteiger partial charge in [0.1, 0.15) is 11.2 Å². The molecular formula is C12H6ClIN2. The highest BCUT2D eigenvalue weighted by molar-refractivity contribution is 14.1. The highest BCUT2D eigenvalue weighted by Crippen LogP contribution is 2.22. The zero-order valence-corrected chi connectivity index (χ0v) is 11.0. The lowest BCUT2D eigenvalue weighted by Crippen LogP contribution is -1.87. The fourth-order valence-electron chi connectivity index (χ4n) is 1.30. The molecule has 0 fully saturated rings. The molecule has 1 heterocycles. The van der Waals surface area contributed by atoms with Gasteiger partial charge in [0, 0.05) is 9.13 Å². The summed E-state index contributed by atoms with van der Waals surface area (Å²) in [6, 6.07) is 13.4. The van der Waals surface area contributed by atoms with E-state index in [1.165, 1.54) is 3.57 Å². The summed E-state index contributed by atoms with van der Waals surface area (Å²) < 4.78 is 1.17. The van der Waals surface area contributed by atoms with E-state index in [0.717, 1.165) is 11.3 Å². The highest BCUT2D eigenvalue weighted by atomic mass is 127. The summed E-state index contributed by atoms with van der Waals surface area (Å²) in [4.78, 5) is 4.18. The third kappa shape index (κ3) is 2.34. The average Bonchev–Trinajstić information content (AvgIpc) is 2.30. The molecule has 1 aromatic carbocycles. The van der Waals surface area contributed by atoms with Gasteiger partial charge in [0.05, 0.1) is 11.3 Å². The molecule has 2 rings (SSSR count). The number of aromatic nitrogens is 1. The van der Waals surface area contributed by atoms with Crippen LogP contribution in [-0.4, -0.2) is 4.98 Å². The molecule has 4 heteroatoms. The molecule has 0 radical (unpaired) electrons. The quantitative estimate of drug-likeness (QED) is 0.583. The fourth-order valence-corrected chi connectivity index (χ4v) is 1.85. The lowest BCUT2D eigenvalue weighted by molar-refractivity contribution is 1.30. The summed E-state index contributed by atoms with van der Waals surface area (Å²) in [6.45, 7) is 0. The number of halogens is 2. The summed E-state index contributed by atoms with van der Waals surface area (Å²) in [7, 11) is 0. The number of pyridine rings is 1. The molecule has 0 saturated heterocycles. The first kappa shape index (κ1) is 11.4. The predicted molar refractivity (Wildman–Crippen MR) is 72.1 cm³/mol. The Hall–Kier alpha value is -1.12. The zero-order chi connectivity index (χ0) is 11.5. The summed E-state index contributed by atoms with van der Waals surface area (Å²) >= 11 is 8.12. The van der Waals surface area contributed by atoms with Gasteiger partial charge in [-0.3, -0.25) is 0 Å². The molecule has 78 valence electrons. The number of nitriles is 1. The van der Waals surface area contributed by atoms with Gasteiger partial charge in [0.2, 0.25) is 0 Å². The first-order valence-corrected chi connectivity index (χ1v) is 5.99. The molecule has 0 amide bonds. The third-order valence-electron chi connectivity index (χ3n) is 2.11. The van der Waals surface area contributed by atoms with E-state index < -0.39 is 0 Å². The molecule has 0 aliphatic heterocycles. The van der Waals surface area contributed by atoms with Crippen LogP contribution >= 0.6 is 34.2 Å². The molecule has 0 spiro atoms. The lowest BCUT2D eigenvalue weighted by Gasteiger charge is -2.02. The minimum Gasteiger partial charge on any atom is -0.235 e. The van der Waals surface area contributed by atoms with Gasteiger partial charge in [-0.05, 0) is 46.9 Å². The molecule has 2 nitrogen and oxygen atoms in total. The van der Waals surface area contributed by atoms with Crippen molar-refractivity contribution in [2.45, 2.75) is 0 Å². The van der Waals surface area contributed by atoms with Crippen molar-refractivity contribution in [1.82, 2.24) is 4.98 Å². The third-order valence-corrected chi connectivity index (χ3v) is 3.12. The summed E-state index contributed by atoms with van der Waals surface area (Å²) in [6.07, 6.45) is 0. The van der Waals surface area contributed by atoms with Crippen molar-refractivity contribution in [2.24, 2.45) is 0 Å². The molecule has 16 heavy (non-hydrogen) atoms. The Morgan fingerprint density at radius 2 is 1.81 bits per heavy atom. The molecule has 0 atom stereocenters. The van der Waals surface area contributed by atoms with Crippen molar-refractivity contribution in [3.8, 4) is 17.3 Å². The first-order valence-electron chi connectivity index (χ1n) is 4.53. The van der Waals surface area contributed by atoms with E-state index in [4.69, 9.17) is 16.9 Å². The second-order valence-corrected chi connectivity index (χ2v) is 4.76. The number of rotatable bonds is 1. The fraction of sp³-hybridized carbons (Fsp3) is 0. The molecule has 0 bridgehead atoms. The SMILES string of the molecule is N#Cc1ccc(-c2ccc(I)cc2)nc1Cl. The van der Waals surface area contributed by atoms with Crippen LogP contribution in [0.4, 0.5) is 0 Å². The van der Waals surface area contributed by atoms with Gasteiger partial charge < -0.3 is 0 Å². The van der Waals surface area contributed by atoms with Crippen molar-refractivity contribution in [2.75, 3.05) is 0 Å². The monoisotopic (exact) mass is 340 g/mol. The Morgan fingerprint density at radius 1 is 1.12 bits per heavy atom. The Bertz CT molecular complexity index is 558. The van der Waals surface area contributed by atoms with Crippen LogP contribution in [0.3, 0.4) is 0 Å². The Labute approximate surface area is 112 Å². The van der Waals surface area contributed by atoms with Gasteiger partial charge >= 0.3 is 0 Å². The number of nitrogens with zero attached hydrogens (tertiary/aromatic N) is 2. The largest absolute Gasteiger partial charge is 0.235 e. The van der Waals surface area contributed by atoms with Crippen LogP contribution in [-0.2, 0) is 0 Å². The second-order valence-electron chi connectivity index (χ2n) is 3.15. The Kier molecular flexibility index (Phi) is 3.42. The van der Waals surface area contributed by atoms with Crippen LogP contribution in [0.25, 0.3) is 11.3 Å². The maximum Gasteiger partial charge on any atom is 0.147 e. The van der Waals surface area contributed by atoms with Crippen LogP contribution in [0.1, 0.15) is 5.56 Å². The maximum atomic E-state index is 8.74. The van der Waals surface area contributed by atoms with Crippen molar-refractivity contribution in [3.05, 3.63) is 50.7 Å². The summed E-state index contributed by atoms with van der Waals surface area (Å²) in [5.41, 5.74) is 2.17. The summed E-state index contributed by atoms with van der Waals surface area (Å²) in [5, 5.41) is 8.99. The second kappa shape index (κ2) is 4.81. The Balaban J connectivity index is 2.46. The van der Waals surface area contributed by atoms with Crippen LogP contribution in [0.2, 0.25) is 5.15 Å². The number of hydrogen-bond donors (Lipinski definition) is 0. The predicted octanol–water partition coefficient (Wildman–Crippen LogP) is 3.88. The summed E-state index contributed by atoms with van der Waals surface area (Å²) in [5.74, 6) is 0.